The fourth-order valence-electron chi connectivity index (χ4n) is 2.70. The second-order valence-electron chi connectivity index (χ2n) is 5.36. The van der Waals surface area contributed by atoms with Crippen molar-refractivity contribution in [3.63, 3.8) is 0 Å². The molecule has 0 amide bonds. The standard InChI is InChI=1S/C15H23BO4/c1-19-14-8-9-15(16(17)18)12(10-14)11-20-13-6-4-2-3-5-7-13/h8-10,13,17-18H,2-7,11H2,1H3. The summed E-state index contributed by atoms with van der Waals surface area (Å²) in [5.74, 6) is 0.703. The summed E-state index contributed by atoms with van der Waals surface area (Å²) in [7, 11) is 0.119. The van der Waals surface area contributed by atoms with Gasteiger partial charge in [0.05, 0.1) is 19.8 Å². The molecule has 0 saturated heterocycles. The van der Waals surface area contributed by atoms with E-state index in [9.17, 15) is 10.0 Å². The molecule has 0 bridgehead atoms. The molecule has 1 saturated carbocycles. The van der Waals surface area contributed by atoms with Gasteiger partial charge in [-0.15, -0.1) is 0 Å². The van der Waals surface area contributed by atoms with Crippen molar-refractivity contribution in [2.45, 2.75) is 51.2 Å². The maximum Gasteiger partial charge on any atom is 0.488 e. The van der Waals surface area contributed by atoms with Crippen molar-refractivity contribution in [3.8, 4) is 5.75 Å². The molecule has 20 heavy (non-hydrogen) atoms. The summed E-state index contributed by atoms with van der Waals surface area (Å²) in [5, 5.41) is 18.8. The Hall–Kier alpha value is -1.04. The van der Waals surface area contributed by atoms with Gasteiger partial charge in [-0.2, -0.15) is 0 Å². The van der Waals surface area contributed by atoms with Gasteiger partial charge in [0.15, 0.2) is 0 Å². The minimum Gasteiger partial charge on any atom is -0.497 e. The number of ether oxygens (including phenoxy) is 2. The van der Waals surface area contributed by atoms with Gasteiger partial charge in [0.2, 0.25) is 0 Å². The summed E-state index contributed by atoms with van der Waals surface area (Å²) in [4.78, 5) is 0. The van der Waals surface area contributed by atoms with Crippen LogP contribution in [0.25, 0.3) is 0 Å². The third kappa shape index (κ3) is 4.23. The quantitative estimate of drug-likeness (QED) is 0.634. The first-order chi connectivity index (χ1) is 9.70. The van der Waals surface area contributed by atoms with Gasteiger partial charge in [-0.05, 0) is 36.0 Å². The SMILES string of the molecule is COc1ccc(B(O)O)c(COC2CCCCCC2)c1. The molecule has 0 aromatic heterocycles. The maximum absolute atomic E-state index is 9.41. The van der Waals surface area contributed by atoms with E-state index in [1.807, 2.05) is 6.07 Å². The third-order valence-corrected chi connectivity index (χ3v) is 3.91. The molecule has 1 aromatic carbocycles. The molecule has 1 aliphatic carbocycles. The number of rotatable bonds is 5. The van der Waals surface area contributed by atoms with Crippen LogP contribution < -0.4 is 10.2 Å². The highest BCUT2D eigenvalue weighted by atomic mass is 16.5. The van der Waals surface area contributed by atoms with Crippen molar-refractivity contribution in [1.82, 2.24) is 0 Å². The number of hydrogen-bond acceptors (Lipinski definition) is 4. The van der Waals surface area contributed by atoms with E-state index in [4.69, 9.17) is 9.47 Å². The fourth-order valence-corrected chi connectivity index (χ4v) is 2.70. The van der Waals surface area contributed by atoms with E-state index in [1.165, 1.54) is 25.7 Å². The second-order valence-corrected chi connectivity index (χ2v) is 5.36. The van der Waals surface area contributed by atoms with Gasteiger partial charge in [0.25, 0.3) is 0 Å². The Balaban J connectivity index is 2.02. The molecule has 1 aliphatic rings. The summed E-state index contributed by atoms with van der Waals surface area (Å²) in [6.45, 7) is 0.398. The topological polar surface area (TPSA) is 58.9 Å². The zero-order valence-corrected chi connectivity index (χ0v) is 12.0. The van der Waals surface area contributed by atoms with Crippen LogP contribution in [0.15, 0.2) is 18.2 Å². The fraction of sp³-hybridized carbons (Fsp3) is 0.600. The van der Waals surface area contributed by atoms with Crippen molar-refractivity contribution in [3.05, 3.63) is 23.8 Å². The highest BCUT2D eigenvalue weighted by Crippen LogP contribution is 2.21. The summed E-state index contributed by atoms with van der Waals surface area (Å²) < 4.78 is 11.1. The predicted octanol–water partition coefficient (Wildman–Crippen LogP) is 1.61. The number of methoxy groups -OCH3 is 1. The minimum absolute atomic E-state index is 0.285. The zero-order valence-electron chi connectivity index (χ0n) is 12.0. The molecule has 0 radical (unpaired) electrons. The van der Waals surface area contributed by atoms with Crippen LogP contribution >= 0.6 is 0 Å². The van der Waals surface area contributed by atoms with Gasteiger partial charge in [-0.25, -0.2) is 0 Å². The molecule has 110 valence electrons. The summed E-state index contributed by atoms with van der Waals surface area (Å²) in [5.41, 5.74) is 1.27. The molecule has 2 rings (SSSR count). The smallest absolute Gasteiger partial charge is 0.488 e. The van der Waals surface area contributed by atoms with Crippen molar-refractivity contribution in [2.24, 2.45) is 0 Å². The van der Waals surface area contributed by atoms with E-state index in [2.05, 4.69) is 0 Å². The number of hydrogen-bond donors (Lipinski definition) is 2. The lowest BCUT2D eigenvalue weighted by Crippen LogP contribution is -2.33. The molecule has 0 unspecified atom stereocenters. The van der Waals surface area contributed by atoms with E-state index in [-0.39, 0.29) is 6.10 Å². The molecule has 2 N–H and O–H groups in total. The van der Waals surface area contributed by atoms with Crippen LogP contribution in [-0.4, -0.2) is 30.4 Å². The van der Waals surface area contributed by atoms with Crippen LogP contribution in [0.3, 0.4) is 0 Å². The van der Waals surface area contributed by atoms with Crippen molar-refractivity contribution < 1.29 is 19.5 Å². The highest BCUT2D eigenvalue weighted by Gasteiger charge is 2.18. The molecule has 4 nitrogen and oxygen atoms in total. The van der Waals surface area contributed by atoms with Crippen molar-refractivity contribution in [2.75, 3.05) is 7.11 Å². The molecular formula is C15H23BO4. The Labute approximate surface area is 120 Å². The lowest BCUT2D eigenvalue weighted by atomic mass is 9.77. The second kappa shape index (κ2) is 7.67. The lowest BCUT2D eigenvalue weighted by molar-refractivity contribution is 0.0312. The van der Waals surface area contributed by atoms with Crippen LogP contribution in [-0.2, 0) is 11.3 Å². The Morgan fingerprint density at radius 1 is 1.15 bits per heavy atom. The van der Waals surface area contributed by atoms with E-state index in [1.54, 1.807) is 19.2 Å². The van der Waals surface area contributed by atoms with Crippen LogP contribution in [0.4, 0.5) is 0 Å². The van der Waals surface area contributed by atoms with Gasteiger partial charge in [-0.1, -0.05) is 31.7 Å². The van der Waals surface area contributed by atoms with Gasteiger partial charge >= 0.3 is 7.12 Å². The Morgan fingerprint density at radius 2 is 1.85 bits per heavy atom. The minimum atomic E-state index is -1.48. The molecule has 0 spiro atoms. The molecule has 1 fully saturated rings. The lowest BCUT2D eigenvalue weighted by Gasteiger charge is -2.17. The van der Waals surface area contributed by atoms with E-state index in [0.717, 1.165) is 18.4 Å². The van der Waals surface area contributed by atoms with Crippen molar-refractivity contribution in [1.29, 1.82) is 0 Å². The predicted molar refractivity (Wildman–Crippen MR) is 79.1 cm³/mol. The van der Waals surface area contributed by atoms with Crippen LogP contribution in [0.2, 0.25) is 0 Å². The molecule has 0 aliphatic heterocycles. The third-order valence-electron chi connectivity index (χ3n) is 3.91. The van der Waals surface area contributed by atoms with Gasteiger partial charge in [0, 0.05) is 0 Å². The Morgan fingerprint density at radius 3 is 2.45 bits per heavy atom. The van der Waals surface area contributed by atoms with Crippen molar-refractivity contribution >= 4 is 12.6 Å². The summed E-state index contributed by atoms with van der Waals surface area (Å²) in [6, 6.07) is 5.21. The first-order valence-corrected chi connectivity index (χ1v) is 7.35. The Bertz CT molecular complexity index is 414. The first kappa shape index (κ1) is 15.4. The van der Waals surface area contributed by atoms with E-state index in [0.29, 0.717) is 17.8 Å². The van der Waals surface area contributed by atoms with Crippen LogP contribution in [0.5, 0.6) is 5.75 Å². The first-order valence-electron chi connectivity index (χ1n) is 7.35. The Kier molecular flexibility index (Phi) is 5.89. The number of benzene rings is 1. The normalized spacial score (nSPS) is 16.8. The summed E-state index contributed by atoms with van der Waals surface area (Å²) in [6.07, 6.45) is 7.50. The molecule has 1 aromatic rings. The largest absolute Gasteiger partial charge is 0.497 e. The molecule has 5 heteroatoms. The average molecular weight is 278 g/mol. The summed E-state index contributed by atoms with van der Waals surface area (Å²) >= 11 is 0. The molecular weight excluding hydrogens is 255 g/mol. The average Bonchev–Trinajstić information content (AvgIpc) is 2.73. The van der Waals surface area contributed by atoms with Gasteiger partial charge < -0.3 is 19.5 Å². The zero-order chi connectivity index (χ0) is 14.4. The van der Waals surface area contributed by atoms with Crippen LogP contribution in [0.1, 0.15) is 44.1 Å². The monoisotopic (exact) mass is 278 g/mol. The molecule has 0 heterocycles. The van der Waals surface area contributed by atoms with E-state index < -0.39 is 7.12 Å². The van der Waals surface area contributed by atoms with E-state index >= 15 is 0 Å². The molecule has 0 atom stereocenters. The highest BCUT2D eigenvalue weighted by molar-refractivity contribution is 6.59. The van der Waals surface area contributed by atoms with Gasteiger partial charge in [0.1, 0.15) is 5.75 Å². The maximum atomic E-state index is 9.41. The van der Waals surface area contributed by atoms with Crippen LogP contribution in [0, 0.1) is 0 Å². The van der Waals surface area contributed by atoms with Gasteiger partial charge in [-0.3, -0.25) is 0 Å².